The first-order valence-corrected chi connectivity index (χ1v) is 7.56. The molecule has 0 fully saturated rings. The van der Waals surface area contributed by atoms with Gasteiger partial charge in [-0.1, -0.05) is 18.2 Å². The number of aryl methyl sites for hydroxylation is 1. The Morgan fingerprint density at radius 3 is 2.00 bits per heavy atom. The van der Waals surface area contributed by atoms with Gasteiger partial charge in [0.2, 0.25) is 0 Å². The molecule has 3 nitrogen and oxygen atoms in total. The highest BCUT2D eigenvalue weighted by Gasteiger charge is 2.37. The summed E-state index contributed by atoms with van der Waals surface area (Å²) in [5.74, 6) is -1.14. The van der Waals surface area contributed by atoms with E-state index in [9.17, 15) is 31.1 Å². The molecule has 1 N–H and O–H groups in total. The van der Waals surface area contributed by atoms with Gasteiger partial charge < -0.3 is 9.73 Å². The standard InChI is InChI=1S/C18H11F6NO2/c1-9-13-4-2-3-5-14(13)27-15(9)16(26)25-12-7-10(17(19,20)21)6-11(8-12)18(22,23)24/h2-8H,1H3,(H,25,26). The summed E-state index contributed by atoms with van der Waals surface area (Å²) < 4.78 is 82.8. The zero-order chi connectivity index (χ0) is 20.0. The maximum atomic E-state index is 12.9. The lowest BCUT2D eigenvalue weighted by molar-refractivity contribution is -0.143. The number of carbonyl (C=O) groups is 1. The largest absolute Gasteiger partial charge is 0.451 e. The molecule has 0 saturated heterocycles. The van der Waals surface area contributed by atoms with Crippen molar-refractivity contribution in [1.29, 1.82) is 0 Å². The maximum absolute atomic E-state index is 12.9. The molecule has 0 radical (unpaired) electrons. The Morgan fingerprint density at radius 1 is 0.926 bits per heavy atom. The van der Waals surface area contributed by atoms with E-state index in [0.29, 0.717) is 28.7 Å². The molecule has 1 amide bonds. The van der Waals surface area contributed by atoms with Crippen molar-refractivity contribution < 1.29 is 35.6 Å². The molecule has 9 heteroatoms. The molecule has 1 heterocycles. The van der Waals surface area contributed by atoms with Crippen molar-refractivity contribution in [1.82, 2.24) is 0 Å². The van der Waals surface area contributed by atoms with Crippen LogP contribution in [-0.2, 0) is 12.4 Å². The molecule has 0 spiro atoms. The van der Waals surface area contributed by atoms with Crippen LogP contribution >= 0.6 is 0 Å². The summed E-state index contributed by atoms with van der Waals surface area (Å²) in [5.41, 5.74) is -2.88. The summed E-state index contributed by atoms with van der Waals surface area (Å²) in [4.78, 5) is 12.4. The first-order chi connectivity index (χ1) is 12.5. The fourth-order valence-electron chi connectivity index (χ4n) is 2.61. The van der Waals surface area contributed by atoms with E-state index in [1.807, 2.05) is 0 Å². The first-order valence-electron chi connectivity index (χ1n) is 7.56. The summed E-state index contributed by atoms with van der Waals surface area (Å²) in [7, 11) is 0. The van der Waals surface area contributed by atoms with Crippen LogP contribution in [0.15, 0.2) is 46.9 Å². The number of carbonyl (C=O) groups excluding carboxylic acids is 1. The van der Waals surface area contributed by atoms with Gasteiger partial charge >= 0.3 is 12.4 Å². The lowest BCUT2D eigenvalue weighted by Gasteiger charge is -2.14. The number of nitrogens with one attached hydrogen (secondary N) is 1. The number of fused-ring (bicyclic) bond motifs is 1. The molecular weight excluding hydrogens is 376 g/mol. The molecule has 142 valence electrons. The van der Waals surface area contributed by atoms with Crippen LogP contribution in [0.4, 0.5) is 32.0 Å². The minimum absolute atomic E-state index is 0.0118. The normalized spacial score (nSPS) is 12.4. The summed E-state index contributed by atoms with van der Waals surface area (Å²) in [6, 6.07) is 7.49. The number of hydrogen-bond donors (Lipinski definition) is 1. The van der Waals surface area contributed by atoms with E-state index in [1.165, 1.54) is 0 Å². The molecule has 0 unspecified atom stereocenters. The van der Waals surface area contributed by atoms with Gasteiger partial charge in [-0.25, -0.2) is 0 Å². The van der Waals surface area contributed by atoms with Crippen molar-refractivity contribution in [3.63, 3.8) is 0 Å². The Balaban J connectivity index is 2.01. The Hall–Kier alpha value is -2.97. The highest BCUT2D eigenvalue weighted by atomic mass is 19.4. The zero-order valence-electron chi connectivity index (χ0n) is 13.6. The van der Waals surface area contributed by atoms with Gasteiger partial charge in [0.05, 0.1) is 11.1 Å². The summed E-state index contributed by atoms with van der Waals surface area (Å²) in [6.07, 6.45) is -10.0. The smallest absolute Gasteiger partial charge is 0.416 e. The van der Waals surface area contributed by atoms with Gasteiger partial charge in [0.15, 0.2) is 5.76 Å². The van der Waals surface area contributed by atoms with Crippen LogP contribution in [0.3, 0.4) is 0 Å². The highest BCUT2D eigenvalue weighted by Crippen LogP contribution is 2.37. The SMILES string of the molecule is Cc1c(C(=O)Nc2cc(C(F)(F)F)cc(C(F)(F)F)c2)oc2ccccc12. The van der Waals surface area contributed by atoms with Crippen molar-refractivity contribution in [3.05, 3.63) is 64.9 Å². The first kappa shape index (κ1) is 18.8. The Bertz CT molecular complexity index is 985. The molecule has 27 heavy (non-hydrogen) atoms. The van der Waals surface area contributed by atoms with Gasteiger partial charge in [0, 0.05) is 16.6 Å². The van der Waals surface area contributed by atoms with Crippen molar-refractivity contribution in [3.8, 4) is 0 Å². The van der Waals surface area contributed by atoms with Crippen LogP contribution in [0, 0.1) is 6.92 Å². The van der Waals surface area contributed by atoms with E-state index < -0.39 is 35.1 Å². The number of halogens is 6. The van der Waals surface area contributed by atoms with Gasteiger partial charge in [-0.15, -0.1) is 0 Å². The van der Waals surface area contributed by atoms with Crippen molar-refractivity contribution >= 4 is 22.6 Å². The molecule has 3 aromatic rings. The monoisotopic (exact) mass is 387 g/mol. The van der Waals surface area contributed by atoms with E-state index in [4.69, 9.17) is 4.42 Å². The summed E-state index contributed by atoms with van der Waals surface area (Å²) in [5, 5.41) is 2.67. The minimum Gasteiger partial charge on any atom is -0.451 e. The number of furan rings is 1. The Morgan fingerprint density at radius 2 is 1.48 bits per heavy atom. The van der Waals surface area contributed by atoms with E-state index in [0.717, 1.165) is 0 Å². The summed E-state index contributed by atoms with van der Waals surface area (Å²) in [6.45, 7) is 1.56. The van der Waals surface area contributed by atoms with Gasteiger partial charge in [-0.3, -0.25) is 4.79 Å². The number of hydrogen-bond acceptors (Lipinski definition) is 2. The van der Waals surface area contributed by atoms with Crippen LogP contribution in [0.25, 0.3) is 11.0 Å². The maximum Gasteiger partial charge on any atom is 0.416 e. The van der Waals surface area contributed by atoms with E-state index in [1.54, 1.807) is 31.2 Å². The molecule has 0 aliphatic rings. The fourth-order valence-corrected chi connectivity index (χ4v) is 2.61. The van der Waals surface area contributed by atoms with Crippen LogP contribution in [0.1, 0.15) is 27.2 Å². The van der Waals surface area contributed by atoms with Crippen LogP contribution in [0.5, 0.6) is 0 Å². The number of alkyl halides is 6. The van der Waals surface area contributed by atoms with E-state index in [2.05, 4.69) is 5.32 Å². The topological polar surface area (TPSA) is 42.2 Å². The van der Waals surface area contributed by atoms with Crippen molar-refractivity contribution in [2.45, 2.75) is 19.3 Å². The van der Waals surface area contributed by atoms with E-state index in [-0.39, 0.29) is 11.8 Å². The minimum atomic E-state index is -5.00. The molecule has 0 atom stereocenters. The number of anilines is 1. The lowest BCUT2D eigenvalue weighted by atomic mass is 10.1. The number of amides is 1. The van der Waals surface area contributed by atoms with Gasteiger partial charge in [-0.2, -0.15) is 26.3 Å². The average Bonchev–Trinajstić information content (AvgIpc) is 2.90. The molecular formula is C18H11F6NO2. The quantitative estimate of drug-likeness (QED) is 0.546. The zero-order valence-corrected chi connectivity index (χ0v) is 13.6. The van der Waals surface area contributed by atoms with Crippen LogP contribution < -0.4 is 5.32 Å². The molecule has 2 aromatic carbocycles. The molecule has 1 aromatic heterocycles. The van der Waals surface area contributed by atoms with Gasteiger partial charge in [0.1, 0.15) is 5.58 Å². The average molecular weight is 387 g/mol. The number of para-hydroxylation sites is 1. The van der Waals surface area contributed by atoms with Crippen molar-refractivity contribution in [2.24, 2.45) is 0 Å². The number of benzene rings is 2. The predicted octanol–water partition coefficient (Wildman–Crippen LogP) is 6.03. The Labute approximate surface area is 148 Å². The van der Waals surface area contributed by atoms with Gasteiger partial charge in [0.25, 0.3) is 5.91 Å². The highest BCUT2D eigenvalue weighted by molar-refractivity contribution is 6.06. The van der Waals surface area contributed by atoms with E-state index >= 15 is 0 Å². The van der Waals surface area contributed by atoms with Crippen LogP contribution in [0.2, 0.25) is 0 Å². The van der Waals surface area contributed by atoms with Crippen molar-refractivity contribution in [2.75, 3.05) is 5.32 Å². The second-order valence-electron chi connectivity index (χ2n) is 5.80. The molecule has 0 bridgehead atoms. The number of rotatable bonds is 2. The molecule has 0 aliphatic heterocycles. The predicted molar refractivity (Wildman–Crippen MR) is 85.4 cm³/mol. The second-order valence-corrected chi connectivity index (χ2v) is 5.80. The molecule has 3 rings (SSSR count). The molecule has 0 saturated carbocycles. The third-order valence-electron chi connectivity index (χ3n) is 3.90. The fraction of sp³-hybridized carbons (Fsp3) is 0.167. The third-order valence-corrected chi connectivity index (χ3v) is 3.90. The van der Waals surface area contributed by atoms with Gasteiger partial charge in [-0.05, 0) is 31.2 Å². The summed E-state index contributed by atoms with van der Waals surface area (Å²) >= 11 is 0. The Kier molecular flexibility index (Phi) is 4.41. The third kappa shape index (κ3) is 3.76. The second kappa shape index (κ2) is 6.33. The van der Waals surface area contributed by atoms with Crippen LogP contribution in [-0.4, -0.2) is 5.91 Å². The lowest BCUT2D eigenvalue weighted by Crippen LogP contribution is -2.16. The molecule has 0 aliphatic carbocycles.